The number of benzene rings is 3. The van der Waals surface area contributed by atoms with E-state index in [-0.39, 0.29) is 0 Å². The topological polar surface area (TPSA) is 17.0 Å². The number of aryl methyl sites for hydroxylation is 2. The first-order chi connectivity index (χ1) is 13.2. The molecule has 27 heavy (non-hydrogen) atoms. The maximum atomic E-state index is 6.17. The summed E-state index contributed by atoms with van der Waals surface area (Å²) >= 11 is 3.71. The minimum atomic E-state index is 0.953. The van der Waals surface area contributed by atoms with Crippen LogP contribution in [0.1, 0.15) is 5.56 Å². The lowest BCUT2D eigenvalue weighted by Crippen LogP contribution is -2.28. The summed E-state index contributed by atoms with van der Waals surface area (Å²) in [6.45, 7) is 2.21. The zero-order valence-corrected chi connectivity index (χ0v) is 16.6. The molecule has 0 aliphatic carbocycles. The lowest BCUT2D eigenvalue weighted by molar-refractivity contribution is -0.636. The molecular formula is C23H16NOS2+. The summed E-state index contributed by atoms with van der Waals surface area (Å²) in [6.07, 6.45) is 0. The van der Waals surface area contributed by atoms with Gasteiger partial charge in [0.05, 0.1) is 10.3 Å². The number of hydrogen-bond acceptors (Lipinski definition) is 3. The Morgan fingerprint density at radius 1 is 0.778 bits per heavy atom. The molecule has 6 rings (SSSR count). The largest absolute Gasteiger partial charge is 0.403 e. The SMILES string of the molecule is Cc1ccc2c(sc3ccccc32)c1-c1sc2c3ccccc3oc2[n+]1C. The third-order valence-electron chi connectivity index (χ3n) is 5.31. The molecule has 0 radical (unpaired) electrons. The summed E-state index contributed by atoms with van der Waals surface area (Å²) in [5.41, 5.74) is 4.54. The van der Waals surface area contributed by atoms with Crippen LogP contribution in [0, 0.1) is 6.92 Å². The minimum absolute atomic E-state index is 0.953. The van der Waals surface area contributed by atoms with Crippen LogP contribution in [0.2, 0.25) is 0 Å². The fourth-order valence-corrected chi connectivity index (χ4v) is 6.65. The molecule has 2 nitrogen and oxygen atoms in total. The van der Waals surface area contributed by atoms with Crippen molar-refractivity contribution in [3.8, 4) is 10.6 Å². The van der Waals surface area contributed by atoms with E-state index in [1.807, 2.05) is 34.8 Å². The zero-order valence-electron chi connectivity index (χ0n) is 14.9. The predicted molar refractivity (Wildman–Crippen MR) is 116 cm³/mol. The third-order valence-corrected chi connectivity index (χ3v) is 7.78. The van der Waals surface area contributed by atoms with Crippen LogP contribution in [0.3, 0.4) is 0 Å². The maximum absolute atomic E-state index is 6.17. The summed E-state index contributed by atoms with van der Waals surface area (Å²) < 4.78 is 12.3. The Labute approximate surface area is 163 Å². The molecule has 0 aliphatic heterocycles. The first kappa shape index (κ1) is 15.4. The van der Waals surface area contributed by atoms with Gasteiger partial charge in [0.2, 0.25) is 0 Å². The highest BCUT2D eigenvalue weighted by atomic mass is 32.1. The number of rotatable bonds is 1. The zero-order chi connectivity index (χ0) is 18.1. The fourth-order valence-electron chi connectivity index (χ4n) is 3.96. The van der Waals surface area contributed by atoms with E-state index in [0.717, 1.165) is 11.3 Å². The van der Waals surface area contributed by atoms with Crippen molar-refractivity contribution >= 4 is 64.2 Å². The summed E-state index contributed by atoms with van der Waals surface area (Å²) in [4.78, 5) is 0. The van der Waals surface area contributed by atoms with E-state index in [1.165, 1.54) is 46.4 Å². The Morgan fingerprint density at radius 2 is 1.56 bits per heavy atom. The molecule has 6 aromatic rings. The summed E-state index contributed by atoms with van der Waals surface area (Å²) in [5.74, 6) is 0. The molecule has 4 heteroatoms. The van der Waals surface area contributed by atoms with Crippen molar-refractivity contribution < 1.29 is 8.98 Å². The minimum Gasteiger partial charge on any atom is -0.403 e. The van der Waals surface area contributed by atoms with Gasteiger partial charge >= 0.3 is 5.71 Å². The number of para-hydroxylation sites is 1. The highest BCUT2D eigenvalue weighted by Gasteiger charge is 2.28. The van der Waals surface area contributed by atoms with Crippen LogP contribution in [0.15, 0.2) is 65.1 Å². The average Bonchev–Trinajstić information content (AvgIpc) is 3.33. The van der Waals surface area contributed by atoms with Crippen molar-refractivity contribution in [3.63, 3.8) is 0 Å². The smallest absolute Gasteiger partial charge is 0.393 e. The lowest BCUT2D eigenvalue weighted by atomic mass is 10.0. The van der Waals surface area contributed by atoms with Gasteiger partial charge in [0, 0.05) is 20.9 Å². The Morgan fingerprint density at radius 3 is 2.44 bits per heavy atom. The van der Waals surface area contributed by atoms with Crippen LogP contribution >= 0.6 is 22.7 Å². The van der Waals surface area contributed by atoms with E-state index < -0.39 is 0 Å². The number of aromatic nitrogens is 1. The molecule has 0 spiro atoms. The van der Waals surface area contributed by atoms with Crippen LogP contribution in [0.5, 0.6) is 0 Å². The van der Waals surface area contributed by atoms with Crippen molar-refractivity contribution in [2.75, 3.05) is 0 Å². The summed E-state index contributed by atoms with van der Waals surface area (Å²) in [7, 11) is 2.11. The van der Waals surface area contributed by atoms with Gasteiger partial charge in [-0.15, -0.1) is 11.3 Å². The van der Waals surface area contributed by atoms with Crippen LogP contribution in [-0.4, -0.2) is 0 Å². The summed E-state index contributed by atoms with van der Waals surface area (Å²) in [5, 5.41) is 5.13. The van der Waals surface area contributed by atoms with Crippen LogP contribution in [-0.2, 0) is 7.05 Å². The van der Waals surface area contributed by atoms with Gasteiger partial charge in [-0.1, -0.05) is 53.8 Å². The second-order valence-electron chi connectivity index (χ2n) is 6.93. The van der Waals surface area contributed by atoms with Crippen molar-refractivity contribution in [1.29, 1.82) is 0 Å². The number of furan rings is 1. The number of hydrogen-bond donors (Lipinski definition) is 0. The second kappa shape index (κ2) is 5.41. The summed E-state index contributed by atoms with van der Waals surface area (Å²) in [6, 6.07) is 21.5. The van der Waals surface area contributed by atoms with Crippen LogP contribution in [0.25, 0.3) is 52.1 Å². The molecule has 130 valence electrons. The number of thiophene rings is 1. The lowest BCUT2D eigenvalue weighted by Gasteiger charge is -2.02. The van der Waals surface area contributed by atoms with Gasteiger partial charge in [-0.3, -0.25) is 0 Å². The molecular weight excluding hydrogens is 370 g/mol. The molecule has 3 heterocycles. The highest BCUT2D eigenvalue weighted by Crippen LogP contribution is 2.44. The number of fused-ring (bicyclic) bond motifs is 6. The first-order valence-corrected chi connectivity index (χ1v) is 10.6. The van der Waals surface area contributed by atoms with E-state index >= 15 is 0 Å². The molecule has 0 atom stereocenters. The normalized spacial score (nSPS) is 12.1. The second-order valence-corrected chi connectivity index (χ2v) is 8.98. The van der Waals surface area contributed by atoms with Crippen LogP contribution < -0.4 is 4.57 Å². The van der Waals surface area contributed by atoms with Crippen molar-refractivity contribution in [1.82, 2.24) is 0 Å². The molecule has 0 saturated carbocycles. The van der Waals surface area contributed by atoms with E-state index in [9.17, 15) is 0 Å². The van der Waals surface area contributed by atoms with Crippen LogP contribution in [0.4, 0.5) is 0 Å². The Kier molecular flexibility index (Phi) is 3.08. The van der Waals surface area contributed by atoms with E-state index in [4.69, 9.17) is 4.42 Å². The Hall–Kier alpha value is -2.69. The maximum Gasteiger partial charge on any atom is 0.393 e. The molecule has 0 bridgehead atoms. The molecule has 0 N–H and O–H groups in total. The molecule has 0 aliphatic rings. The number of thiazole rings is 1. The van der Waals surface area contributed by atoms with Crippen molar-refractivity contribution in [3.05, 3.63) is 66.2 Å². The van der Waals surface area contributed by atoms with Crippen molar-refractivity contribution in [2.24, 2.45) is 7.05 Å². The van der Waals surface area contributed by atoms with E-state index in [1.54, 1.807) is 0 Å². The number of nitrogens with zero attached hydrogens (tertiary/aromatic N) is 1. The van der Waals surface area contributed by atoms with Gasteiger partial charge in [0.1, 0.15) is 12.6 Å². The molecule has 3 aromatic carbocycles. The molecule has 0 amide bonds. The first-order valence-electron chi connectivity index (χ1n) is 8.93. The monoisotopic (exact) mass is 386 g/mol. The van der Waals surface area contributed by atoms with Gasteiger partial charge in [-0.25, -0.2) is 0 Å². The molecule has 0 fully saturated rings. The average molecular weight is 387 g/mol. The third kappa shape index (κ3) is 2.02. The highest BCUT2D eigenvalue weighted by molar-refractivity contribution is 7.27. The quantitative estimate of drug-likeness (QED) is 0.284. The predicted octanol–water partition coefficient (Wildman–Crippen LogP) is 6.82. The fraction of sp³-hybridized carbons (Fsp3) is 0.0870. The van der Waals surface area contributed by atoms with Gasteiger partial charge in [0.25, 0.3) is 5.01 Å². The molecule has 3 aromatic heterocycles. The standard InChI is InChI=1S/C23H16NOS2/c1-13-11-12-15-14-7-4-6-10-18(14)26-20(15)19(13)23-24(2)22-21(27-23)16-8-3-5-9-17(16)25-22/h3-12H,1-2H3/q+1. The van der Waals surface area contributed by atoms with Gasteiger partial charge in [-0.05, 0) is 30.7 Å². The van der Waals surface area contributed by atoms with E-state index in [0.29, 0.717) is 0 Å². The Balaban J connectivity index is 1.74. The van der Waals surface area contributed by atoms with E-state index in [2.05, 4.69) is 67.1 Å². The van der Waals surface area contributed by atoms with Crippen molar-refractivity contribution in [2.45, 2.75) is 6.92 Å². The Bertz CT molecular complexity index is 1500. The van der Waals surface area contributed by atoms with Gasteiger partial charge in [0.15, 0.2) is 4.70 Å². The van der Waals surface area contributed by atoms with Gasteiger partial charge in [-0.2, -0.15) is 4.57 Å². The molecule has 0 unspecified atom stereocenters. The molecule has 0 saturated heterocycles. The van der Waals surface area contributed by atoms with Gasteiger partial charge < -0.3 is 4.42 Å².